The van der Waals surface area contributed by atoms with Gasteiger partial charge in [0.2, 0.25) is 0 Å². The predicted octanol–water partition coefficient (Wildman–Crippen LogP) is 2.14. The van der Waals surface area contributed by atoms with Gasteiger partial charge < -0.3 is 20.1 Å². The Morgan fingerprint density at radius 3 is 2.57 bits per heavy atom. The van der Waals surface area contributed by atoms with Gasteiger partial charge in [-0.15, -0.1) is 0 Å². The Labute approximate surface area is 128 Å². The largest absolute Gasteiger partial charge is 0.393 e. The molecule has 0 spiro atoms. The molecule has 4 atom stereocenters. The maximum atomic E-state index is 12.3. The first-order valence-electron chi connectivity index (χ1n) is 8.34. The average molecular weight is 298 g/mol. The minimum atomic E-state index is -0.254. The van der Waals surface area contributed by atoms with Crippen LogP contribution in [0.15, 0.2) is 0 Å². The lowest BCUT2D eigenvalue weighted by Crippen LogP contribution is -2.51. The highest BCUT2D eigenvalue weighted by Gasteiger charge is 2.29. The maximum absolute atomic E-state index is 12.3. The fourth-order valence-corrected chi connectivity index (χ4v) is 3.65. The molecule has 2 N–H and O–H groups in total. The molecule has 0 bridgehead atoms. The molecule has 2 aliphatic carbocycles. The van der Waals surface area contributed by atoms with Gasteiger partial charge in [0.1, 0.15) is 0 Å². The van der Waals surface area contributed by atoms with Gasteiger partial charge in [-0.05, 0) is 25.7 Å². The minimum Gasteiger partial charge on any atom is -0.393 e. The van der Waals surface area contributed by atoms with Crippen molar-refractivity contribution in [3.05, 3.63) is 0 Å². The van der Waals surface area contributed by atoms with Crippen LogP contribution in [-0.4, -0.2) is 55.0 Å². The van der Waals surface area contributed by atoms with Crippen LogP contribution in [0.25, 0.3) is 0 Å². The number of carbonyl (C=O) groups excluding carboxylic acids is 1. The first-order valence-corrected chi connectivity index (χ1v) is 8.34. The average Bonchev–Trinajstić information content (AvgIpc) is 2.50. The van der Waals surface area contributed by atoms with Crippen molar-refractivity contribution in [2.45, 2.75) is 69.6 Å². The van der Waals surface area contributed by atoms with Crippen molar-refractivity contribution in [1.82, 2.24) is 10.2 Å². The van der Waals surface area contributed by atoms with Crippen molar-refractivity contribution in [2.24, 2.45) is 5.92 Å². The monoisotopic (exact) mass is 298 g/mol. The van der Waals surface area contributed by atoms with Gasteiger partial charge in [0.05, 0.1) is 18.2 Å². The van der Waals surface area contributed by atoms with Crippen LogP contribution >= 0.6 is 0 Å². The number of methoxy groups -OCH3 is 1. The first-order chi connectivity index (χ1) is 10.1. The molecule has 2 fully saturated rings. The molecule has 0 heterocycles. The molecule has 5 nitrogen and oxygen atoms in total. The Morgan fingerprint density at radius 1 is 1.19 bits per heavy atom. The van der Waals surface area contributed by atoms with E-state index >= 15 is 0 Å². The number of urea groups is 1. The summed E-state index contributed by atoms with van der Waals surface area (Å²) >= 11 is 0. The van der Waals surface area contributed by atoms with Gasteiger partial charge in [0.15, 0.2) is 0 Å². The van der Waals surface area contributed by atoms with Gasteiger partial charge in [-0.25, -0.2) is 4.79 Å². The van der Waals surface area contributed by atoms with Crippen LogP contribution in [0.2, 0.25) is 0 Å². The zero-order valence-electron chi connectivity index (χ0n) is 13.4. The van der Waals surface area contributed by atoms with Gasteiger partial charge in [0, 0.05) is 26.6 Å². The van der Waals surface area contributed by atoms with Crippen LogP contribution < -0.4 is 5.32 Å². The number of aliphatic hydroxyl groups is 1. The van der Waals surface area contributed by atoms with Crippen molar-refractivity contribution >= 4 is 6.03 Å². The van der Waals surface area contributed by atoms with Gasteiger partial charge in [-0.3, -0.25) is 0 Å². The Morgan fingerprint density at radius 2 is 1.86 bits per heavy atom. The van der Waals surface area contributed by atoms with E-state index in [1.165, 1.54) is 6.42 Å². The molecule has 2 rings (SSSR count). The summed E-state index contributed by atoms with van der Waals surface area (Å²) < 4.78 is 5.48. The van der Waals surface area contributed by atoms with Gasteiger partial charge >= 0.3 is 6.03 Å². The second kappa shape index (κ2) is 7.99. The molecular weight excluding hydrogens is 268 g/mol. The summed E-state index contributed by atoms with van der Waals surface area (Å²) in [6, 6.07) is 0.0803. The van der Waals surface area contributed by atoms with Crippen LogP contribution in [0.5, 0.6) is 0 Å². The maximum Gasteiger partial charge on any atom is 0.317 e. The number of carbonyl (C=O) groups is 1. The van der Waals surface area contributed by atoms with E-state index in [9.17, 15) is 9.90 Å². The molecule has 0 saturated heterocycles. The normalized spacial score (nSPS) is 33.5. The van der Waals surface area contributed by atoms with E-state index in [2.05, 4.69) is 5.32 Å². The Bertz CT molecular complexity index is 337. The Kier molecular flexibility index (Phi) is 6.30. The number of hydrogen-bond acceptors (Lipinski definition) is 3. The number of nitrogens with zero attached hydrogens (tertiary/aromatic N) is 1. The quantitative estimate of drug-likeness (QED) is 0.836. The standard InChI is InChI=1S/C16H30N2O3/c1-18(11-12-7-3-5-9-14(12)19)16(20)17-13-8-4-6-10-15(13)21-2/h12-15,19H,3-11H2,1-2H3,(H,17,20). The number of rotatable bonds is 4. The van der Waals surface area contributed by atoms with Crippen molar-refractivity contribution in [3.8, 4) is 0 Å². The van der Waals surface area contributed by atoms with Crippen molar-refractivity contribution in [2.75, 3.05) is 20.7 Å². The zero-order chi connectivity index (χ0) is 15.2. The molecule has 2 saturated carbocycles. The summed E-state index contributed by atoms with van der Waals surface area (Å²) in [4.78, 5) is 14.1. The molecule has 0 aromatic heterocycles. The van der Waals surface area contributed by atoms with Crippen LogP contribution in [0.1, 0.15) is 51.4 Å². The third kappa shape index (κ3) is 4.58. The third-order valence-electron chi connectivity index (χ3n) is 5.04. The first kappa shape index (κ1) is 16.6. The summed E-state index contributed by atoms with van der Waals surface area (Å²) in [5, 5.41) is 13.1. The molecule has 0 aromatic rings. The van der Waals surface area contributed by atoms with Crippen molar-refractivity contribution in [1.29, 1.82) is 0 Å². The van der Waals surface area contributed by atoms with Crippen molar-refractivity contribution < 1.29 is 14.6 Å². The molecule has 0 radical (unpaired) electrons. The lowest BCUT2D eigenvalue weighted by molar-refractivity contribution is 0.0394. The highest BCUT2D eigenvalue weighted by Crippen LogP contribution is 2.25. The molecule has 4 unspecified atom stereocenters. The number of nitrogens with one attached hydrogen (secondary N) is 1. The van der Waals surface area contributed by atoms with E-state index in [1.54, 1.807) is 12.0 Å². The van der Waals surface area contributed by atoms with Crippen LogP contribution in [0.3, 0.4) is 0 Å². The molecule has 2 amide bonds. The summed E-state index contributed by atoms with van der Waals surface area (Å²) in [5.41, 5.74) is 0. The summed E-state index contributed by atoms with van der Waals surface area (Å²) in [6.45, 7) is 0.636. The molecular formula is C16H30N2O3. The molecule has 0 aliphatic heterocycles. The summed E-state index contributed by atoms with van der Waals surface area (Å²) in [6.07, 6.45) is 8.36. The molecule has 0 aromatic carbocycles. The van der Waals surface area contributed by atoms with E-state index in [0.717, 1.165) is 44.9 Å². The zero-order valence-corrected chi connectivity index (χ0v) is 13.4. The van der Waals surface area contributed by atoms with E-state index in [4.69, 9.17) is 4.74 Å². The van der Waals surface area contributed by atoms with E-state index < -0.39 is 0 Å². The van der Waals surface area contributed by atoms with E-state index in [0.29, 0.717) is 6.54 Å². The van der Waals surface area contributed by atoms with Crippen LogP contribution in [0, 0.1) is 5.92 Å². The number of hydrogen-bond donors (Lipinski definition) is 2. The summed E-state index contributed by atoms with van der Waals surface area (Å²) in [5.74, 6) is 0.221. The van der Waals surface area contributed by atoms with E-state index in [1.807, 2.05) is 7.05 Å². The minimum absolute atomic E-state index is 0.0401. The Balaban J connectivity index is 1.81. The fraction of sp³-hybridized carbons (Fsp3) is 0.938. The second-order valence-corrected chi connectivity index (χ2v) is 6.61. The van der Waals surface area contributed by atoms with Crippen LogP contribution in [0.4, 0.5) is 4.79 Å². The smallest absolute Gasteiger partial charge is 0.317 e. The topological polar surface area (TPSA) is 61.8 Å². The van der Waals surface area contributed by atoms with Gasteiger partial charge in [-0.2, -0.15) is 0 Å². The Hall–Kier alpha value is -0.810. The molecule has 2 aliphatic rings. The highest BCUT2D eigenvalue weighted by molar-refractivity contribution is 5.74. The van der Waals surface area contributed by atoms with Crippen molar-refractivity contribution in [3.63, 3.8) is 0 Å². The fourth-order valence-electron chi connectivity index (χ4n) is 3.65. The lowest BCUT2D eigenvalue weighted by atomic mass is 9.86. The summed E-state index contributed by atoms with van der Waals surface area (Å²) in [7, 11) is 3.54. The van der Waals surface area contributed by atoms with Gasteiger partial charge in [-0.1, -0.05) is 25.7 Å². The van der Waals surface area contributed by atoms with Gasteiger partial charge in [0.25, 0.3) is 0 Å². The second-order valence-electron chi connectivity index (χ2n) is 6.61. The number of ether oxygens (including phenoxy) is 1. The highest BCUT2D eigenvalue weighted by atomic mass is 16.5. The third-order valence-corrected chi connectivity index (χ3v) is 5.04. The number of aliphatic hydroxyl groups excluding tert-OH is 1. The lowest BCUT2D eigenvalue weighted by Gasteiger charge is -2.34. The number of amides is 2. The SMILES string of the molecule is COC1CCCCC1NC(=O)N(C)CC1CCCCC1O. The van der Waals surface area contributed by atoms with Crippen LogP contribution in [-0.2, 0) is 4.74 Å². The van der Waals surface area contributed by atoms with E-state index in [-0.39, 0.29) is 30.2 Å². The molecule has 122 valence electrons. The molecule has 5 heteroatoms. The molecule has 21 heavy (non-hydrogen) atoms. The predicted molar refractivity (Wildman–Crippen MR) is 82.2 cm³/mol.